The highest BCUT2D eigenvalue weighted by Gasteiger charge is 2.27. The molecule has 0 radical (unpaired) electrons. The second-order valence-electron chi connectivity index (χ2n) is 4.67. The van der Waals surface area contributed by atoms with Crippen LogP contribution in [0.25, 0.3) is 0 Å². The molecule has 1 fully saturated rings. The molecule has 1 aliphatic heterocycles. The van der Waals surface area contributed by atoms with Gasteiger partial charge in [0.25, 0.3) is 0 Å². The molecule has 17 heavy (non-hydrogen) atoms. The zero-order valence-corrected chi connectivity index (χ0v) is 12.5. The predicted octanol–water partition coefficient (Wildman–Crippen LogP) is 2.92. The van der Waals surface area contributed by atoms with Crippen molar-refractivity contribution in [1.82, 2.24) is 4.98 Å². The van der Waals surface area contributed by atoms with Crippen LogP contribution in [0.4, 0.5) is 5.69 Å². The van der Waals surface area contributed by atoms with Crippen molar-refractivity contribution in [3.05, 3.63) is 16.7 Å². The Kier molecular flexibility index (Phi) is 4.00. The molecule has 2 heterocycles. The van der Waals surface area contributed by atoms with Crippen LogP contribution in [0.15, 0.2) is 21.8 Å². The van der Waals surface area contributed by atoms with Gasteiger partial charge in [0.2, 0.25) is 0 Å². The lowest BCUT2D eigenvalue weighted by atomic mass is 9.93. The first-order valence-electron chi connectivity index (χ1n) is 5.69. The Morgan fingerprint density at radius 1 is 1.41 bits per heavy atom. The molecule has 1 N–H and O–H groups in total. The third-order valence-electron chi connectivity index (χ3n) is 3.17. The minimum Gasteiger partial charge on any atom is -0.390 e. The molecule has 2 rings (SSSR count). The fourth-order valence-electron chi connectivity index (χ4n) is 1.99. The van der Waals surface area contributed by atoms with E-state index in [9.17, 15) is 5.11 Å². The lowest BCUT2D eigenvalue weighted by Gasteiger charge is -2.37. The van der Waals surface area contributed by atoms with E-state index < -0.39 is 5.60 Å². The third kappa shape index (κ3) is 3.36. The molecule has 5 heteroatoms. The summed E-state index contributed by atoms with van der Waals surface area (Å²) in [4.78, 5) is 6.69. The van der Waals surface area contributed by atoms with E-state index in [1.165, 1.54) is 5.69 Å². The second kappa shape index (κ2) is 5.16. The lowest BCUT2D eigenvalue weighted by molar-refractivity contribution is 0.0351. The van der Waals surface area contributed by atoms with Crippen molar-refractivity contribution in [2.24, 2.45) is 0 Å². The molecule has 3 nitrogen and oxygen atoms in total. The Labute approximate surface area is 115 Å². The SMILES string of the molecule is CSc1cc(N2CCC(C)(O)CC2)cc(Br)n1. The number of hydrogen-bond acceptors (Lipinski definition) is 4. The molecule has 0 aliphatic carbocycles. The van der Waals surface area contributed by atoms with Crippen molar-refractivity contribution in [2.75, 3.05) is 24.2 Å². The molecule has 0 unspecified atom stereocenters. The van der Waals surface area contributed by atoms with E-state index in [1.54, 1.807) is 11.8 Å². The first-order chi connectivity index (χ1) is 8.00. The van der Waals surface area contributed by atoms with E-state index in [0.29, 0.717) is 0 Å². The molecule has 0 amide bonds. The predicted molar refractivity (Wildman–Crippen MR) is 75.8 cm³/mol. The van der Waals surface area contributed by atoms with Crippen molar-refractivity contribution in [1.29, 1.82) is 0 Å². The minimum absolute atomic E-state index is 0.497. The van der Waals surface area contributed by atoms with Gasteiger partial charge in [0.1, 0.15) is 4.60 Å². The van der Waals surface area contributed by atoms with E-state index in [-0.39, 0.29) is 0 Å². The van der Waals surface area contributed by atoms with Gasteiger partial charge in [-0.3, -0.25) is 0 Å². The van der Waals surface area contributed by atoms with Crippen molar-refractivity contribution < 1.29 is 5.11 Å². The van der Waals surface area contributed by atoms with Crippen molar-refractivity contribution in [2.45, 2.75) is 30.4 Å². The molecular weight excluding hydrogens is 300 g/mol. The number of nitrogens with zero attached hydrogens (tertiary/aromatic N) is 2. The van der Waals surface area contributed by atoms with Gasteiger partial charge in [0, 0.05) is 18.8 Å². The number of hydrogen-bond donors (Lipinski definition) is 1. The number of anilines is 1. The number of piperidine rings is 1. The standard InChI is InChI=1S/C12H17BrN2OS/c1-12(16)3-5-15(6-4-12)9-7-10(13)14-11(8-9)17-2/h7-8,16H,3-6H2,1-2H3. The zero-order valence-electron chi connectivity index (χ0n) is 10.1. The zero-order chi connectivity index (χ0) is 12.5. The van der Waals surface area contributed by atoms with Crippen LogP contribution in [0, 0.1) is 0 Å². The minimum atomic E-state index is -0.497. The Hall–Kier alpha value is -0.260. The first kappa shape index (κ1) is 13.2. The van der Waals surface area contributed by atoms with Gasteiger partial charge in [-0.1, -0.05) is 0 Å². The van der Waals surface area contributed by atoms with Gasteiger partial charge in [-0.2, -0.15) is 0 Å². The van der Waals surface area contributed by atoms with Gasteiger partial charge >= 0.3 is 0 Å². The third-order valence-corrected chi connectivity index (χ3v) is 4.20. The summed E-state index contributed by atoms with van der Waals surface area (Å²) < 4.78 is 0.872. The summed E-state index contributed by atoms with van der Waals surface area (Å²) in [6.45, 7) is 3.72. The molecule has 0 bridgehead atoms. The molecule has 0 spiro atoms. The summed E-state index contributed by atoms with van der Waals surface area (Å²) in [6, 6.07) is 4.15. The smallest absolute Gasteiger partial charge is 0.109 e. The van der Waals surface area contributed by atoms with Crippen molar-refractivity contribution >= 4 is 33.4 Å². The summed E-state index contributed by atoms with van der Waals surface area (Å²) in [6.07, 6.45) is 3.67. The van der Waals surface area contributed by atoms with Gasteiger partial charge in [0.15, 0.2) is 0 Å². The Morgan fingerprint density at radius 3 is 2.65 bits per heavy atom. The van der Waals surface area contributed by atoms with Crippen LogP contribution in [-0.2, 0) is 0 Å². The Balaban J connectivity index is 2.15. The highest BCUT2D eigenvalue weighted by atomic mass is 79.9. The molecule has 0 atom stereocenters. The Bertz CT molecular complexity index is 401. The van der Waals surface area contributed by atoms with Crippen LogP contribution < -0.4 is 4.90 Å². The number of halogens is 1. The van der Waals surface area contributed by atoms with E-state index in [4.69, 9.17) is 0 Å². The molecule has 1 saturated heterocycles. The lowest BCUT2D eigenvalue weighted by Crippen LogP contribution is -2.42. The highest BCUT2D eigenvalue weighted by molar-refractivity contribution is 9.10. The van der Waals surface area contributed by atoms with Crippen LogP contribution in [0.3, 0.4) is 0 Å². The number of pyridine rings is 1. The average Bonchev–Trinajstić information content (AvgIpc) is 2.28. The second-order valence-corrected chi connectivity index (χ2v) is 6.31. The summed E-state index contributed by atoms with van der Waals surface area (Å²) in [5, 5.41) is 11.0. The summed E-state index contributed by atoms with van der Waals surface area (Å²) in [5.41, 5.74) is 0.690. The highest BCUT2D eigenvalue weighted by Crippen LogP contribution is 2.29. The molecule has 1 aromatic heterocycles. The van der Waals surface area contributed by atoms with E-state index in [1.807, 2.05) is 19.2 Å². The summed E-state index contributed by atoms with van der Waals surface area (Å²) >= 11 is 5.09. The van der Waals surface area contributed by atoms with Gasteiger partial charge < -0.3 is 10.0 Å². The maximum absolute atomic E-state index is 9.94. The number of aromatic nitrogens is 1. The van der Waals surface area contributed by atoms with Gasteiger partial charge in [-0.15, -0.1) is 11.8 Å². The summed E-state index contributed by atoms with van der Waals surface area (Å²) in [5.74, 6) is 0. The number of thioether (sulfide) groups is 1. The Morgan fingerprint density at radius 2 is 2.06 bits per heavy atom. The molecule has 0 aromatic carbocycles. The van der Waals surface area contributed by atoms with Crippen LogP contribution in [0.1, 0.15) is 19.8 Å². The first-order valence-corrected chi connectivity index (χ1v) is 7.71. The van der Waals surface area contributed by atoms with Crippen LogP contribution in [0.5, 0.6) is 0 Å². The van der Waals surface area contributed by atoms with Crippen LogP contribution in [-0.4, -0.2) is 35.0 Å². The average molecular weight is 317 g/mol. The van der Waals surface area contributed by atoms with Crippen LogP contribution >= 0.6 is 27.7 Å². The quantitative estimate of drug-likeness (QED) is 0.672. The molecular formula is C12H17BrN2OS. The van der Waals surface area contributed by atoms with E-state index in [0.717, 1.165) is 35.6 Å². The molecule has 0 saturated carbocycles. The van der Waals surface area contributed by atoms with E-state index in [2.05, 4.69) is 31.9 Å². The maximum Gasteiger partial charge on any atom is 0.109 e. The van der Waals surface area contributed by atoms with Crippen molar-refractivity contribution in [3.8, 4) is 0 Å². The van der Waals surface area contributed by atoms with E-state index >= 15 is 0 Å². The fourth-order valence-corrected chi connectivity index (χ4v) is 2.96. The van der Waals surface area contributed by atoms with Crippen LogP contribution in [0.2, 0.25) is 0 Å². The largest absolute Gasteiger partial charge is 0.390 e. The molecule has 1 aromatic rings. The van der Waals surface area contributed by atoms with Crippen molar-refractivity contribution in [3.63, 3.8) is 0 Å². The monoisotopic (exact) mass is 316 g/mol. The molecule has 1 aliphatic rings. The van der Waals surface area contributed by atoms with Gasteiger partial charge in [-0.05, 0) is 54.1 Å². The normalized spacial score (nSPS) is 19.4. The van der Waals surface area contributed by atoms with Gasteiger partial charge in [0.05, 0.1) is 10.6 Å². The molecule has 94 valence electrons. The number of rotatable bonds is 2. The fraction of sp³-hybridized carbons (Fsp3) is 0.583. The topological polar surface area (TPSA) is 36.4 Å². The maximum atomic E-state index is 9.94. The number of aliphatic hydroxyl groups is 1. The van der Waals surface area contributed by atoms with Gasteiger partial charge in [-0.25, -0.2) is 4.98 Å². The summed E-state index contributed by atoms with van der Waals surface area (Å²) in [7, 11) is 0.